The molecule has 0 aromatic heterocycles. The molecule has 0 saturated heterocycles. The van der Waals surface area contributed by atoms with Crippen LogP contribution in [-0.2, 0) is 19.1 Å². The van der Waals surface area contributed by atoms with E-state index in [1.54, 1.807) is 13.8 Å². The van der Waals surface area contributed by atoms with Crippen molar-refractivity contribution in [1.82, 2.24) is 0 Å². The minimum atomic E-state index is -1.24. The van der Waals surface area contributed by atoms with E-state index in [1.165, 1.54) is 14.2 Å². The molecule has 0 saturated carbocycles. The molecule has 0 bridgehead atoms. The molecule has 7 heteroatoms. The highest BCUT2D eigenvalue weighted by atomic mass is 16.5. The third kappa shape index (κ3) is 6.19. The molecule has 0 radical (unpaired) electrons. The number of aliphatic hydroxyl groups is 1. The average Bonchev–Trinajstić information content (AvgIpc) is 2.60. The van der Waals surface area contributed by atoms with Crippen LogP contribution in [-0.4, -0.2) is 47.8 Å². The quantitative estimate of drug-likeness (QED) is 0.244. The van der Waals surface area contributed by atoms with Crippen LogP contribution in [0.1, 0.15) is 38.2 Å². The van der Waals surface area contributed by atoms with Crippen molar-refractivity contribution in [3.05, 3.63) is 35.9 Å². The molecule has 25 heavy (non-hydrogen) atoms. The fourth-order valence-electron chi connectivity index (χ4n) is 2.62. The number of nitrogens with zero attached hydrogens (tertiary/aromatic N) is 1. The Morgan fingerprint density at radius 2 is 1.64 bits per heavy atom. The smallest absolute Gasteiger partial charge is 0.320 e. The maximum absolute atomic E-state index is 11.9. The van der Waals surface area contributed by atoms with Gasteiger partial charge in [0.15, 0.2) is 5.92 Å². The standard InChI is InChI=1S/C18H25NO6/c1-18(2,22)11-14(12-8-6-5-7-9-12)15(19-23)10-13(16(20)24-3)17(21)25-4/h5-9,13-14,22-23H,10-11H2,1-4H3/b19-15-. The molecule has 0 fully saturated rings. The van der Waals surface area contributed by atoms with Gasteiger partial charge in [-0.1, -0.05) is 35.5 Å². The minimum absolute atomic E-state index is 0.175. The summed E-state index contributed by atoms with van der Waals surface area (Å²) in [6.07, 6.45) is 0.0664. The van der Waals surface area contributed by atoms with Gasteiger partial charge >= 0.3 is 11.9 Å². The first-order chi connectivity index (χ1) is 11.7. The number of oxime groups is 1. The highest BCUT2D eigenvalue weighted by Crippen LogP contribution is 2.30. The predicted octanol–water partition coefficient (Wildman–Crippen LogP) is 2.11. The van der Waals surface area contributed by atoms with E-state index in [4.69, 9.17) is 0 Å². The molecular weight excluding hydrogens is 326 g/mol. The van der Waals surface area contributed by atoms with E-state index in [-0.39, 0.29) is 18.6 Å². The zero-order valence-electron chi connectivity index (χ0n) is 14.9. The van der Waals surface area contributed by atoms with Gasteiger partial charge in [-0.15, -0.1) is 0 Å². The van der Waals surface area contributed by atoms with Gasteiger partial charge in [0.05, 0.1) is 25.5 Å². The second-order valence-corrected chi connectivity index (χ2v) is 6.37. The molecule has 1 atom stereocenters. The summed E-state index contributed by atoms with van der Waals surface area (Å²) in [5.74, 6) is -3.27. The van der Waals surface area contributed by atoms with Crippen LogP contribution in [0.25, 0.3) is 0 Å². The molecule has 0 spiro atoms. The molecule has 1 unspecified atom stereocenters. The Balaban J connectivity index is 3.20. The lowest BCUT2D eigenvalue weighted by Gasteiger charge is -2.27. The summed E-state index contributed by atoms with van der Waals surface area (Å²) in [6, 6.07) is 9.13. The van der Waals surface area contributed by atoms with Crippen molar-refractivity contribution in [1.29, 1.82) is 0 Å². The van der Waals surface area contributed by atoms with Crippen LogP contribution in [0.15, 0.2) is 35.5 Å². The second-order valence-electron chi connectivity index (χ2n) is 6.37. The van der Waals surface area contributed by atoms with Crippen molar-refractivity contribution >= 4 is 17.7 Å². The van der Waals surface area contributed by atoms with Crippen molar-refractivity contribution in [2.45, 2.75) is 38.2 Å². The topological polar surface area (TPSA) is 105 Å². The summed E-state index contributed by atoms with van der Waals surface area (Å²) in [5.41, 5.74) is -0.0670. The molecule has 0 amide bonds. The molecule has 7 nitrogen and oxygen atoms in total. The normalized spacial score (nSPS) is 13.4. The van der Waals surface area contributed by atoms with Gasteiger partial charge in [0.1, 0.15) is 0 Å². The first kappa shape index (κ1) is 20.6. The van der Waals surface area contributed by atoms with Crippen molar-refractivity contribution in [3.8, 4) is 0 Å². The molecule has 0 aliphatic rings. The zero-order valence-corrected chi connectivity index (χ0v) is 14.9. The van der Waals surface area contributed by atoms with Gasteiger partial charge in [0.25, 0.3) is 0 Å². The summed E-state index contributed by atoms with van der Waals surface area (Å²) in [4.78, 5) is 23.8. The number of benzene rings is 1. The lowest BCUT2D eigenvalue weighted by molar-refractivity contribution is -0.158. The number of carbonyl (C=O) groups excluding carboxylic acids is 2. The number of ether oxygens (including phenoxy) is 2. The van der Waals surface area contributed by atoms with Crippen molar-refractivity contribution in [3.63, 3.8) is 0 Å². The van der Waals surface area contributed by atoms with E-state index < -0.39 is 29.4 Å². The van der Waals surface area contributed by atoms with Crippen LogP contribution >= 0.6 is 0 Å². The highest BCUT2D eigenvalue weighted by molar-refractivity contribution is 6.02. The number of methoxy groups -OCH3 is 2. The minimum Gasteiger partial charge on any atom is -0.468 e. The Labute approximate surface area is 147 Å². The molecule has 1 rings (SSSR count). The maximum Gasteiger partial charge on any atom is 0.320 e. The van der Waals surface area contributed by atoms with Crippen molar-refractivity contribution < 1.29 is 29.4 Å². The second kappa shape index (κ2) is 9.17. The molecule has 1 aromatic carbocycles. The number of esters is 2. The van der Waals surface area contributed by atoms with Gasteiger partial charge in [0.2, 0.25) is 0 Å². The molecule has 138 valence electrons. The van der Waals surface area contributed by atoms with Crippen LogP contribution in [0.4, 0.5) is 0 Å². The Morgan fingerprint density at radius 1 is 1.12 bits per heavy atom. The van der Waals surface area contributed by atoms with Gasteiger partial charge in [-0.05, 0) is 25.8 Å². The van der Waals surface area contributed by atoms with E-state index in [0.717, 1.165) is 5.56 Å². The fourth-order valence-corrected chi connectivity index (χ4v) is 2.62. The van der Waals surface area contributed by atoms with Gasteiger partial charge in [-0.25, -0.2) is 0 Å². The van der Waals surface area contributed by atoms with Crippen molar-refractivity contribution in [2.75, 3.05) is 14.2 Å². The Bertz CT molecular complexity index is 590. The Morgan fingerprint density at radius 3 is 2.04 bits per heavy atom. The fraction of sp³-hybridized carbons (Fsp3) is 0.500. The average molecular weight is 351 g/mol. The third-order valence-electron chi connectivity index (χ3n) is 3.82. The summed E-state index contributed by atoms with van der Waals surface area (Å²) in [6.45, 7) is 3.27. The van der Waals surface area contributed by atoms with Crippen LogP contribution in [0, 0.1) is 5.92 Å². The van der Waals surface area contributed by atoms with Gasteiger partial charge in [-0.3, -0.25) is 9.59 Å². The van der Waals surface area contributed by atoms with Gasteiger partial charge in [-0.2, -0.15) is 0 Å². The molecule has 1 aromatic rings. The van der Waals surface area contributed by atoms with Gasteiger partial charge < -0.3 is 19.8 Å². The summed E-state index contributed by atoms with van der Waals surface area (Å²) >= 11 is 0. The SMILES string of the molecule is COC(=O)C(C/C(=N/O)C(CC(C)(C)O)c1ccccc1)C(=O)OC. The van der Waals surface area contributed by atoms with Gasteiger partial charge in [0, 0.05) is 12.3 Å². The Kier molecular flexibility index (Phi) is 7.57. The summed E-state index contributed by atoms with van der Waals surface area (Å²) in [7, 11) is 2.33. The third-order valence-corrected chi connectivity index (χ3v) is 3.82. The summed E-state index contributed by atoms with van der Waals surface area (Å²) in [5, 5.41) is 23.0. The van der Waals surface area contributed by atoms with Crippen LogP contribution in [0.5, 0.6) is 0 Å². The van der Waals surface area contributed by atoms with Crippen LogP contribution in [0.3, 0.4) is 0 Å². The van der Waals surface area contributed by atoms with E-state index in [0.29, 0.717) is 0 Å². The maximum atomic E-state index is 11.9. The first-order valence-corrected chi connectivity index (χ1v) is 7.87. The number of rotatable bonds is 8. The molecule has 2 N–H and O–H groups in total. The number of hydrogen-bond acceptors (Lipinski definition) is 7. The van der Waals surface area contributed by atoms with E-state index in [9.17, 15) is 19.9 Å². The number of carbonyl (C=O) groups is 2. The lowest BCUT2D eigenvalue weighted by Crippen LogP contribution is -2.33. The predicted molar refractivity (Wildman–Crippen MR) is 91.5 cm³/mol. The monoisotopic (exact) mass is 351 g/mol. The lowest BCUT2D eigenvalue weighted by atomic mass is 9.81. The van der Waals surface area contributed by atoms with E-state index in [1.807, 2.05) is 30.3 Å². The van der Waals surface area contributed by atoms with Crippen molar-refractivity contribution in [2.24, 2.45) is 11.1 Å². The number of hydrogen-bond donors (Lipinski definition) is 2. The van der Waals surface area contributed by atoms with E-state index >= 15 is 0 Å². The van der Waals surface area contributed by atoms with Crippen LogP contribution in [0.2, 0.25) is 0 Å². The first-order valence-electron chi connectivity index (χ1n) is 7.87. The van der Waals surface area contributed by atoms with Crippen LogP contribution < -0.4 is 0 Å². The molecular formula is C18H25NO6. The zero-order chi connectivity index (χ0) is 19.0. The highest BCUT2D eigenvalue weighted by Gasteiger charge is 2.35. The molecule has 0 aliphatic heterocycles. The molecule has 0 heterocycles. The Hall–Kier alpha value is -2.41. The molecule has 0 aliphatic carbocycles. The summed E-state index contributed by atoms with van der Waals surface area (Å²) < 4.78 is 9.28. The van der Waals surface area contributed by atoms with E-state index in [2.05, 4.69) is 14.6 Å². The largest absolute Gasteiger partial charge is 0.468 e.